The molecule has 14 heavy (non-hydrogen) atoms. The van der Waals surface area contributed by atoms with E-state index in [0.717, 1.165) is 25.1 Å². The zero-order valence-electron chi connectivity index (χ0n) is 8.29. The molecule has 0 radical (unpaired) electrons. The molecule has 0 saturated heterocycles. The highest BCUT2D eigenvalue weighted by atomic mass is 32.1. The average Bonchev–Trinajstić information content (AvgIpc) is 2.65. The second-order valence-corrected chi connectivity index (χ2v) is 4.32. The Morgan fingerprint density at radius 1 is 1.71 bits per heavy atom. The molecule has 1 aliphatic heterocycles. The Bertz CT molecular complexity index is 343. The molecule has 1 aromatic heterocycles. The molecule has 4 heteroatoms. The van der Waals surface area contributed by atoms with Crippen molar-refractivity contribution in [2.75, 3.05) is 12.3 Å². The molecular weight excluding hydrogens is 194 g/mol. The number of thiazole rings is 1. The molecular formula is C10H15N3S. The Morgan fingerprint density at radius 2 is 2.57 bits per heavy atom. The summed E-state index contributed by atoms with van der Waals surface area (Å²) in [5.41, 5.74) is 7.99. The van der Waals surface area contributed by atoms with Crippen molar-refractivity contribution in [3.05, 3.63) is 17.2 Å². The van der Waals surface area contributed by atoms with E-state index in [1.807, 2.05) is 5.38 Å². The first-order valence-electron chi connectivity index (χ1n) is 4.96. The first kappa shape index (κ1) is 9.68. The minimum Gasteiger partial charge on any atom is -0.375 e. The van der Waals surface area contributed by atoms with Gasteiger partial charge in [0, 0.05) is 11.4 Å². The third kappa shape index (κ3) is 1.81. The van der Waals surface area contributed by atoms with E-state index in [1.54, 1.807) is 0 Å². The van der Waals surface area contributed by atoms with Crippen LogP contribution in [0.3, 0.4) is 0 Å². The van der Waals surface area contributed by atoms with Gasteiger partial charge in [0.25, 0.3) is 0 Å². The molecule has 2 heterocycles. The highest BCUT2D eigenvalue weighted by molar-refractivity contribution is 7.13. The van der Waals surface area contributed by atoms with E-state index in [1.165, 1.54) is 16.9 Å². The topological polar surface area (TPSA) is 50.9 Å². The highest BCUT2D eigenvalue weighted by Crippen LogP contribution is 2.25. The summed E-state index contributed by atoms with van der Waals surface area (Å²) in [7, 11) is 0. The van der Waals surface area contributed by atoms with Crippen LogP contribution >= 0.6 is 11.3 Å². The molecule has 1 unspecified atom stereocenters. The van der Waals surface area contributed by atoms with Crippen LogP contribution in [0, 0.1) is 0 Å². The molecule has 76 valence electrons. The molecule has 0 aliphatic carbocycles. The molecule has 1 atom stereocenters. The van der Waals surface area contributed by atoms with Crippen molar-refractivity contribution in [2.45, 2.75) is 25.8 Å². The summed E-state index contributed by atoms with van der Waals surface area (Å²) in [6, 6.07) is 0.449. The number of nitrogen functional groups attached to an aromatic ring is 1. The second-order valence-electron chi connectivity index (χ2n) is 3.43. The van der Waals surface area contributed by atoms with E-state index in [4.69, 9.17) is 5.73 Å². The number of nitrogens with one attached hydrogen (secondary N) is 1. The molecule has 3 N–H and O–H groups in total. The zero-order valence-corrected chi connectivity index (χ0v) is 9.10. The fraction of sp³-hybridized carbons (Fsp3) is 0.500. The lowest BCUT2D eigenvalue weighted by molar-refractivity contribution is 0.575. The van der Waals surface area contributed by atoms with E-state index in [-0.39, 0.29) is 0 Å². The number of hydrogen-bond donors (Lipinski definition) is 2. The van der Waals surface area contributed by atoms with Gasteiger partial charge in [0.2, 0.25) is 0 Å². The van der Waals surface area contributed by atoms with Crippen molar-refractivity contribution in [3.8, 4) is 0 Å². The lowest BCUT2D eigenvalue weighted by Crippen LogP contribution is -2.33. The van der Waals surface area contributed by atoms with Crippen LogP contribution in [0.15, 0.2) is 11.5 Å². The molecule has 0 amide bonds. The summed E-state index contributed by atoms with van der Waals surface area (Å²) in [4.78, 5) is 4.32. The molecule has 2 rings (SSSR count). The Labute approximate surface area is 88.0 Å². The number of nitrogens with two attached hydrogens (primary N) is 1. The van der Waals surface area contributed by atoms with Gasteiger partial charge >= 0.3 is 0 Å². The zero-order chi connectivity index (χ0) is 9.97. The van der Waals surface area contributed by atoms with E-state index < -0.39 is 0 Å². The number of hydrogen-bond acceptors (Lipinski definition) is 4. The molecule has 0 fully saturated rings. The summed E-state index contributed by atoms with van der Waals surface area (Å²) in [6.45, 7) is 3.26. The van der Waals surface area contributed by atoms with Crippen LogP contribution in [0.4, 0.5) is 5.13 Å². The van der Waals surface area contributed by atoms with Crippen molar-refractivity contribution in [3.63, 3.8) is 0 Å². The van der Waals surface area contributed by atoms with Crippen molar-refractivity contribution in [2.24, 2.45) is 0 Å². The van der Waals surface area contributed by atoms with Gasteiger partial charge in [-0.05, 0) is 25.0 Å². The second kappa shape index (κ2) is 4.11. The lowest BCUT2D eigenvalue weighted by atomic mass is 9.98. The molecule has 0 spiro atoms. The third-order valence-corrected chi connectivity index (χ3v) is 3.17. The third-order valence-electron chi connectivity index (χ3n) is 2.50. The van der Waals surface area contributed by atoms with Crippen LogP contribution in [-0.4, -0.2) is 17.6 Å². The Hall–Kier alpha value is -0.870. The van der Waals surface area contributed by atoms with Gasteiger partial charge in [-0.3, -0.25) is 0 Å². The summed E-state index contributed by atoms with van der Waals surface area (Å²) in [5.74, 6) is 0. The van der Waals surface area contributed by atoms with Crippen LogP contribution in [0.25, 0.3) is 5.57 Å². The maximum atomic E-state index is 5.63. The highest BCUT2D eigenvalue weighted by Gasteiger charge is 2.18. The van der Waals surface area contributed by atoms with Gasteiger partial charge in [-0.1, -0.05) is 13.0 Å². The minimum absolute atomic E-state index is 0.449. The van der Waals surface area contributed by atoms with Crippen LogP contribution < -0.4 is 11.1 Å². The maximum absolute atomic E-state index is 5.63. The first-order valence-corrected chi connectivity index (χ1v) is 5.84. The molecule has 3 nitrogen and oxygen atoms in total. The minimum atomic E-state index is 0.449. The number of rotatable bonds is 2. The average molecular weight is 209 g/mol. The predicted molar refractivity (Wildman–Crippen MR) is 61.2 cm³/mol. The van der Waals surface area contributed by atoms with Crippen LogP contribution in [0.2, 0.25) is 0 Å². The summed E-state index contributed by atoms with van der Waals surface area (Å²) in [6.07, 6.45) is 4.46. The van der Waals surface area contributed by atoms with Crippen LogP contribution in [0.1, 0.15) is 25.5 Å². The van der Waals surface area contributed by atoms with E-state index >= 15 is 0 Å². The van der Waals surface area contributed by atoms with Gasteiger partial charge in [0.15, 0.2) is 5.13 Å². The normalized spacial score (nSPS) is 22.1. The summed E-state index contributed by atoms with van der Waals surface area (Å²) < 4.78 is 0. The number of anilines is 1. The smallest absolute Gasteiger partial charge is 0.180 e. The van der Waals surface area contributed by atoms with E-state index in [0.29, 0.717) is 11.2 Å². The molecule has 0 bridgehead atoms. The van der Waals surface area contributed by atoms with E-state index in [9.17, 15) is 0 Å². The van der Waals surface area contributed by atoms with Gasteiger partial charge in [-0.2, -0.15) is 0 Å². The van der Waals surface area contributed by atoms with Gasteiger partial charge < -0.3 is 11.1 Å². The molecule has 1 aromatic rings. The van der Waals surface area contributed by atoms with Gasteiger partial charge in [0.1, 0.15) is 0 Å². The Morgan fingerprint density at radius 3 is 3.21 bits per heavy atom. The summed E-state index contributed by atoms with van der Waals surface area (Å²) >= 11 is 1.51. The molecule has 0 saturated carbocycles. The Balaban J connectivity index is 2.27. The monoisotopic (exact) mass is 209 g/mol. The fourth-order valence-corrected chi connectivity index (χ4v) is 2.38. The fourth-order valence-electron chi connectivity index (χ4n) is 1.80. The molecule has 1 aliphatic rings. The summed E-state index contributed by atoms with van der Waals surface area (Å²) in [5, 5.41) is 6.17. The van der Waals surface area contributed by atoms with Crippen LogP contribution in [-0.2, 0) is 0 Å². The number of nitrogens with zero attached hydrogens (tertiary/aromatic N) is 1. The quantitative estimate of drug-likeness (QED) is 0.782. The largest absolute Gasteiger partial charge is 0.375 e. The lowest BCUT2D eigenvalue weighted by Gasteiger charge is -2.23. The van der Waals surface area contributed by atoms with Crippen molar-refractivity contribution < 1.29 is 0 Å². The van der Waals surface area contributed by atoms with Crippen LogP contribution in [0.5, 0.6) is 0 Å². The van der Waals surface area contributed by atoms with E-state index in [2.05, 4.69) is 23.3 Å². The van der Waals surface area contributed by atoms with Gasteiger partial charge in [-0.15, -0.1) is 11.3 Å². The number of aromatic nitrogens is 1. The predicted octanol–water partition coefficient (Wildman–Crippen LogP) is 1.88. The van der Waals surface area contributed by atoms with Gasteiger partial charge in [0.05, 0.1) is 5.69 Å². The van der Waals surface area contributed by atoms with Gasteiger partial charge in [-0.25, -0.2) is 4.98 Å². The van der Waals surface area contributed by atoms with Crippen molar-refractivity contribution in [1.29, 1.82) is 0 Å². The first-order chi connectivity index (χ1) is 6.81. The van der Waals surface area contributed by atoms with Crippen molar-refractivity contribution >= 4 is 22.0 Å². The Kier molecular flexibility index (Phi) is 2.84. The maximum Gasteiger partial charge on any atom is 0.180 e. The standard InChI is InChI=1S/C10H15N3S/c1-2-8-7(4-3-5-12-8)9-6-14-10(11)13-9/h4,6,8,12H,2-3,5H2,1H3,(H2,11,13). The SMILES string of the molecule is CCC1NCCC=C1c1csc(N)n1. The van der Waals surface area contributed by atoms with Crippen molar-refractivity contribution in [1.82, 2.24) is 10.3 Å². The molecule has 0 aromatic carbocycles.